The third-order valence-corrected chi connectivity index (χ3v) is 3.72. The van der Waals surface area contributed by atoms with Gasteiger partial charge in [-0.2, -0.15) is 0 Å². The summed E-state index contributed by atoms with van der Waals surface area (Å²) >= 11 is 0. The Balaban J connectivity index is 1.90. The van der Waals surface area contributed by atoms with Gasteiger partial charge >= 0.3 is 0 Å². The van der Waals surface area contributed by atoms with Crippen LogP contribution >= 0.6 is 0 Å². The van der Waals surface area contributed by atoms with Gasteiger partial charge in [0.2, 0.25) is 5.91 Å². The maximum absolute atomic E-state index is 11.9. The van der Waals surface area contributed by atoms with Crippen molar-refractivity contribution in [3.8, 4) is 0 Å². The van der Waals surface area contributed by atoms with Crippen molar-refractivity contribution in [2.24, 2.45) is 0 Å². The number of aryl methyl sites for hydroxylation is 2. The molecule has 2 heteroatoms. The second-order valence-corrected chi connectivity index (χ2v) is 5.23. The van der Waals surface area contributed by atoms with Gasteiger partial charge in [-0.1, -0.05) is 47.5 Å². The van der Waals surface area contributed by atoms with Crippen LogP contribution in [0.1, 0.15) is 29.2 Å². The van der Waals surface area contributed by atoms with Crippen molar-refractivity contribution < 1.29 is 4.79 Å². The molecule has 96 valence electrons. The van der Waals surface area contributed by atoms with Crippen LogP contribution in [0.5, 0.6) is 0 Å². The number of anilines is 1. The highest BCUT2D eigenvalue weighted by Crippen LogP contribution is 2.38. The van der Waals surface area contributed by atoms with Crippen molar-refractivity contribution in [1.29, 1.82) is 0 Å². The van der Waals surface area contributed by atoms with Crippen LogP contribution in [0, 0.1) is 13.8 Å². The van der Waals surface area contributed by atoms with E-state index in [0.29, 0.717) is 6.42 Å². The minimum atomic E-state index is 0.191. The molecule has 0 aliphatic carbocycles. The molecular weight excluding hydrogens is 234 g/mol. The number of β-lactam (4-membered cyclic amide) rings is 1. The topological polar surface area (TPSA) is 20.3 Å². The predicted octanol–water partition coefficient (Wildman–Crippen LogP) is 3.78. The predicted molar refractivity (Wildman–Crippen MR) is 77.2 cm³/mol. The molecular formula is C17H17NO. The second-order valence-electron chi connectivity index (χ2n) is 5.23. The average molecular weight is 251 g/mol. The second kappa shape index (κ2) is 4.54. The summed E-state index contributed by atoms with van der Waals surface area (Å²) in [6.07, 6.45) is 0.608. The van der Waals surface area contributed by atoms with E-state index in [1.165, 1.54) is 16.7 Å². The molecule has 1 atom stereocenters. The molecule has 0 spiro atoms. The first-order valence-electron chi connectivity index (χ1n) is 6.60. The Morgan fingerprint density at radius 3 is 1.95 bits per heavy atom. The van der Waals surface area contributed by atoms with Crippen molar-refractivity contribution in [1.82, 2.24) is 0 Å². The van der Waals surface area contributed by atoms with Crippen LogP contribution in [0.3, 0.4) is 0 Å². The van der Waals surface area contributed by atoms with Crippen LogP contribution in [-0.4, -0.2) is 5.91 Å². The van der Waals surface area contributed by atoms with Gasteiger partial charge in [0, 0.05) is 5.69 Å². The number of hydrogen-bond acceptors (Lipinski definition) is 1. The third kappa shape index (κ3) is 2.14. The lowest BCUT2D eigenvalue weighted by molar-refractivity contribution is -0.124. The molecule has 1 saturated heterocycles. The molecule has 0 N–H and O–H groups in total. The number of benzene rings is 2. The van der Waals surface area contributed by atoms with E-state index >= 15 is 0 Å². The summed E-state index contributed by atoms with van der Waals surface area (Å²) in [4.78, 5) is 13.8. The third-order valence-electron chi connectivity index (χ3n) is 3.72. The normalized spacial score (nSPS) is 18.3. The lowest BCUT2D eigenvalue weighted by atomic mass is 9.92. The molecule has 1 heterocycles. The number of nitrogens with zero attached hydrogens (tertiary/aromatic N) is 1. The first-order valence-corrected chi connectivity index (χ1v) is 6.60. The lowest BCUT2D eigenvalue weighted by Crippen LogP contribution is -2.46. The highest BCUT2D eigenvalue weighted by molar-refractivity contribution is 6.01. The Morgan fingerprint density at radius 2 is 1.42 bits per heavy atom. The Hall–Kier alpha value is -2.09. The lowest BCUT2D eigenvalue weighted by Gasteiger charge is -2.40. The van der Waals surface area contributed by atoms with Gasteiger partial charge in [-0.3, -0.25) is 4.79 Å². The largest absolute Gasteiger partial charge is 0.304 e. The molecule has 1 unspecified atom stereocenters. The quantitative estimate of drug-likeness (QED) is 0.744. The summed E-state index contributed by atoms with van der Waals surface area (Å²) < 4.78 is 0. The molecule has 1 amide bonds. The molecule has 1 fully saturated rings. The van der Waals surface area contributed by atoms with Gasteiger partial charge in [0.05, 0.1) is 12.5 Å². The molecule has 19 heavy (non-hydrogen) atoms. The van der Waals surface area contributed by atoms with E-state index in [1.807, 2.05) is 29.2 Å². The molecule has 0 radical (unpaired) electrons. The van der Waals surface area contributed by atoms with Gasteiger partial charge in [-0.05, 0) is 31.5 Å². The Bertz CT molecular complexity index is 598. The fourth-order valence-electron chi connectivity index (χ4n) is 2.50. The fourth-order valence-corrected chi connectivity index (χ4v) is 2.50. The zero-order valence-electron chi connectivity index (χ0n) is 11.3. The molecule has 1 aliphatic rings. The van der Waals surface area contributed by atoms with Crippen LogP contribution in [0.4, 0.5) is 5.69 Å². The number of carbonyl (C=O) groups is 1. The zero-order valence-corrected chi connectivity index (χ0v) is 11.3. The number of rotatable bonds is 2. The Morgan fingerprint density at radius 1 is 0.895 bits per heavy atom. The van der Waals surface area contributed by atoms with Gasteiger partial charge in [-0.25, -0.2) is 0 Å². The minimum Gasteiger partial charge on any atom is -0.304 e. The first kappa shape index (κ1) is 12.0. The van der Waals surface area contributed by atoms with E-state index in [4.69, 9.17) is 0 Å². The molecule has 1 aliphatic heterocycles. The van der Waals surface area contributed by atoms with Crippen molar-refractivity contribution >= 4 is 11.6 Å². The first-order chi connectivity index (χ1) is 9.15. The summed E-state index contributed by atoms with van der Waals surface area (Å²) in [5.74, 6) is 0.203. The number of amides is 1. The summed E-state index contributed by atoms with van der Waals surface area (Å²) in [5, 5.41) is 0. The SMILES string of the molecule is Cc1ccc(C2CC(=O)N2c2ccc(C)cc2)cc1. The highest BCUT2D eigenvalue weighted by Gasteiger charge is 2.37. The van der Waals surface area contributed by atoms with Crippen molar-refractivity contribution in [3.05, 3.63) is 65.2 Å². The maximum Gasteiger partial charge on any atom is 0.230 e. The van der Waals surface area contributed by atoms with E-state index in [0.717, 1.165) is 5.69 Å². The standard InChI is InChI=1S/C17H17NO/c1-12-3-7-14(8-4-12)16-11-17(19)18(16)15-9-5-13(2)6-10-15/h3-10,16H,11H2,1-2H3. The van der Waals surface area contributed by atoms with E-state index in [2.05, 4.69) is 38.1 Å². The maximum atomic E-state index is 11.9. The molecule has 0 aromatic heterocycles. The Kier molecular flexibility index (Phi) is 2.86. The van der Waals surface area contributed by atoms with Gasteiger partial charge in [0.1, 0.15) is 0 Å². The zero-order chi connectivity index (χ0) is 13.4. The van der Waals surface area contributed by atoms with E-state index in [1.54, 1.807) is 0 Å². The molecule has 2 aromatic carbocycles. The molecule has 0 saturated carbocycles. The molecule has 2 nitrogen and oxygen atoms in total. The minimum absolute atomic E-state index is 0.191. The van der Waals surface area contributed by atoms with Crippen LogP contribution in [0.2, 0.25) is 0 Å². The average Bonchev–Trinajstić information content (AvgIpc) is 2.40. The summed E-state index contributed by atoms with van der Waals surface area (Å²) in [7, 11) is 0. The van der Waals surface area contributed by atoms with Gasteiger partial charge in [0.25, 0.3) is 0 Å². The van der Waals surface area contributed by atoms with Crippen LogP contribution in [0.25, 0.3) is 0 Å². The van der Waals surface area contributed by atoms with Crippen molar-refractivity contribution in [2.75, 3.05) is 4.90 Å². The monoisotopic (exact) mass is 251 g/mol. The smallest absolute Gasteiger partial charge is 0.230 e. The van der Waals surface area contributed by atoms with Crippen LogP contribution in [-0.2, 0) is 4.79 Å². The number of carbonyl (C=O) groups excluding carboxylic acids is 1. The molecule has 3 rings (SSSR count). The summed E-state index contributed by atoms with van der Waals surface area (Å²) in [6.45, 7) is 4.13. The Labute approximate surface area is 113 Å². The van der Waals surface area contributed by atoms with E-state index in [-0.39, 0.29) is 11.9 Å². The van der Waals surface area contributed by atoms with Crippen LogP contribution in [0.15, 0.2) is 48.5 Å². The molecule has 2 aromatic rings. The van der Waals surface area contributed by atoms with E-state index < -0.39 is 0 Å². The van der Waals surface area contributed by atoms with Crippen LogP contribution < -0.4 is 4.90 Å². The van der Waals surface area contributed by atoms with E-state index in [9.17, 15) is 4.79 Å². The van der Waals surface area contributed by atoms with Crippen molar-refractivity contribution in [3.63, 3.8) is 0 Å². The summed E-state index contributed by atoms with van der Waals surface area (Å²) in [5.41, 5.74) is 4.66. The number of hydrogen-bond donors (Lipinski definition) is 0. The van der Waals surface area contributed by atoms with Crippen molar-refractivity contribution in [2.45, 2.75) is 26.3 Å². The van der Waals surface area contributed by atoms with Gasteiger partial charge in [0.15, 0.2) is 0 Å². The molecule has 0 bridgehead atoms. The fraction of sp³-hybridized carbons (Fsp3) is 0.235. The van der Waals surface area contributed by atoms with Gasteiger partial charge in [-0.15, -0.1) is 0 Å². The summed E-state index contributed by atoms with van der Waals surface area (Å²) in [6, 6.07) is 16.8. The van der Waals surface area contributed by atoms with Gasteiger partial charge < -0.3 is 4.90 Å². The highest BCUT2D eigenvalue weighted by atomic mass is 16.2.